The highest BCUT2D eigenvalue weighted by molar-refractivity contribution is 7.93. The van der Waals surface area contributed by atoms with Crippen LogP contribution < -0.4 is 0 Å². The Morgan fingerprint density at radius 1 is 1.12 bits per heavy atom. The van der Waals surface area contributed by atoms with Crippen molar-refractivity contribution in [3.63, 3.8) is 0 Å². The second-order valence-corrected chi connectivity index (χ2v) is 8.67. The molecule has 0 spiro atoms. The number of nitrogens with zero attached hydrogens (tertiary/aromatic N) is 1. The quantitative estimate of drug-likeness (QED) is 0.621. The summed E-state index contributed by atoms with van der Waals surface area (Å²) in [6.07, 6.45) is 2.89. The SMILES string of the molecule is CS(=O)(=O)CCS(=O)(=O)N1CCC(C=O)CC1. The van der Waals surface area contributed by atoms with Crippen LogP contribution in [-0.2, 0) is 24.7 Å². The van der Waals surface area contributed by atoms with E-state index in [0.717, 1.165) is 12.5 Å². The van der Waals surface area contributed by atoms with E-state index in [4.69, 9.17) is 0 Å². The van der Waals surface area contributed by atoms with Crippen LogP contribution in [0.5, 0.6) is 0 Å². The first kappa shape index (κ1) is 14.6. The third-order valence-electron chi connectivity index (χ3n) is 2.80. The molecule has 0 radical (unpaired) electrons. The Balaban J connectivity index is 2.57. The molecule has 0 N–H and O–H groups in total. The molecule has 0 atom stereocenters. The molecule has 0 aromatic rings. The van der Waals surface area contributed by atoms with Gasteiger partial charge in [0.25, 0.3) is 0 Å². The third-order valence-corrected chi connectivity index (χ3v) is 5.87. The summed E-state index contributed by atoms with van der Waals surface area (Å²) in [5.74, 6) is -0.808. The number of rotatable bonds is 5. The zero-order chi connectivity index (χ0) is 13.1. The molecule has 17 heavy (non-hydrogen) atoms. The fraction of sp³-hybridized carbons (Fsp3) is 0.889. The van der Waals surface area contributed by atoms with Gasteiger partial charge in [-0.25, -0.2) is 21.1 Å². The van der Waals surface area contributed by atoms with Crippen LogP contribution in [0, 0.1) is 5.92 Å². The Hall–Kier alpha value is -0.470. The Kier molecular flexibility index (Phi) is 4.68. The van der Waals surface area contributed by atoms with Crippen LogP contribution in [0.1, 0.15) is 12.8 Å². The summed E-state index contributed by atoms with van der Waals surface area (Å²) in [4.78, 5) is 10.5. The molecule has 8 heteroatoms. The molecule has 0 aromatic heterocycles. The molecule has 1 saturated heterocycles. The number of hydrogen-bond donors (Lipinski definition) is 0. The molecule has 1 rings (SSSR count). The van der Waals surface area contributed by atoms with Gasteiger partial charge in [-0.1, -0.05) is 0 Å². The molecular weight excluding hydrogens is 266 g/mol. The van der Waals surface area contributed by atoms with Crippen LogP contribution in [0.4, 0.5) is 0 Å². The first-order chi connectivity index (χ1) is 7.74. The van der Waals surface area contributed by atoms with Crippen LogP contribution in [0.2, 0.25) is 0 Å². The van der Waals surface area contributed by atoms with Crippen molar-refractivity contribution in [3.8, 4) is 0 Å². The number of hydrogen-bond acceptors (Lipinski definition) is 5. The van der Waals surface area contributed by atoms with E-state index < -0.39 is 19.9 Å². The Morgan fingerprint density at radius 2 is 1.65 bits per heavy atom. The molecule has 1 fully saturated rings. The fourth-order valence-corrected chi connectivity index (χ4v) is 4.75. The lowest BCUT2D eigenvalue weighted by Crippen LogP contribution is -2.41. The molecule has 100 valence electrons. The first-order valence-electron chi connectivity index (χ1n) is 5.35. The lowest BCUT2D eigenvalue weighted by Gasteiger charge is -2.28. The average molecular weight is 283 g/mol. The summed E-state index contributed by atoms with van der Waals surface area (Å²) in [5.41, 5.74) is 0. The van der Waals surface area contributed by atoms with Crippen molar-refractivity contribution < 1.29 is 21.6 Å². The number of sulfonamides is 1. The highest BCUT2D eigenvalue weighted by atomic mass is 32.2. The molecule has 0 aromatic carbocycles. The molecule has 1 aliphatic heterocycles. The maximum atomic E-state index is 11.8. The highest BCUT2D eigenvalue weighted by Crippen LogP contribution is 2.18. The smallest absolute Gasteiger partial charge is 0.215 e. The Labute approximate surface area is 102 Å². The number of piperidine rings is 1. The second kappa shape index (κ2) is 5.45. The number of carbonyl (C=O) groups is 1. The van der Waals surface area contributed by atoms with Crippen molar-refractivity contribution in [1.82, 2.24) is 4.31 Å². The van der Waals surface area contributed by atoms with Gasteiger partial charge in [0.1, 0.15) is 16.1 Å². The third kappa shape index (κ3) is 4.72. The van der Waals surface area contributed by atoms with Gasteiger partial charge >= 0.3 is 0 Å². The summed E-state index contributed by atoms with van der Waals surface area (Å²) in [6, 6.07) is 0. The predicted octanol–water partition coefficient (Wildman–Crippen LogP) is -0.728. The van der Waals surface area contributed by atoms with Gasteiger partial charge < -0.3 is 4.79 Å². The van der Waals surface area contributed by atoms with Crippen LogP contribution in [-0.4, -0.2) is 58.3 Å². The van der Waals surface area contributed by atoms with E-state index in [9.17, 15) is 21.6 Å². The van der Waals surface area contributed by atoms with Gasteiger partial charge in [0.2, 0.25) is 10.0 Å². The lowest BCUT2D eigenvalue weighted by atomic mass is 10.0. The van der Waals surface area contributed by atoms with Gasteiger partial charge in [-0.15, -0.1) is 0 Å². The van der Waals surface area contributed by atoms with Crippen molar-refractivity contribution in [3.05, 3.63) is 0 Å². The minimum Gasteiger partial charge on any atom is -0.303 e. The van der Waals surface area contributed by atoms with Gasteiger partial charge in [-0.2, -0.15) is 0 Å². The molecule has 0 unspecified atom stereocenters. The first-order valence-corrected chi connectivity index (χ1v) is 9.02. The van der Waals surface area contributed by atoms with Crippen molar-refractivity contribution >= 4 is 26.1 Å². The van der Waals surface area contributed by atoms with Crippen LogP contribution >= 0.6 is 0 Å². The van der Waals surface area contributed by atoms with E-state index in [1.165, 1.54) is 4.31 Å². The van der Waals surface area contributed by atoms with Gasteiger partial charge in [0, 0.05) is 25.3 Å². The molecule has 0 amide bonds. The van der Waals surface area contributed by atoms with E-state index in [1.54, 1.807) is 0 Å². The predicted molar refractivity (Wildman–Crippen MR) is 63.9 cm³/mol. The van der Waals surface area contributed by atoms with Crippen molar-refractivity contribution in [2.24, 2.45) is 5.92 Å². The average Bonchev–Trinajstić information content (AvgIpc) is 2.26. The lowest BCUT2D eigenvalue weighted by molar-refractivity contribution is -0.112. The minimum atomic E-state index is -3.51. The van der Waals surface area contributed by atoms with Crippen molar-refractivity contribution in [2.75, 3.05) is 30.9 Å². The largest absolute Gasteiger partial charge is 0.303 e. The second-order valence-electron chi connectivity index (χ2n) is 4.32. The summed E-state index contributed by atoms with van der Waals surface area (Å²) in [6.45, 7) is 0.602. The van der Waals surface area contributed by atoms with Gasteiger partial charge in [0.15, 0.2) is 0 Å². The molecule has 1 heterocycles. The molecule has 0 saturated carbocycles. The summed E-state index contributed by atoms with van der Waals surface area (Å²) < 4.78 is 46.7. The maximum Gasteiger partial charge on any atom is 0.215 e. The molecule has 0 aliphatic carbocycles. The molecule has 1 aliphatic rings. The number of sulfone groups is 1. The molecular formula is C9H17NO5S2. The van der Waals surface area contributed by atoms with Crippen molar-refractivity contribution in [1.29, 1.82) is 0 Å². The zero-order valence-electron chi connectivity index (χ0n) is 9.70. The summed E-state index contributed by atoms with van der Waals surface area (Å²) >= 11 is 0. The minimum absolute atomic E-state index is 0.0728. The van der Waals surface area contributed by atoms with Crippen LogP contribution in [0.25, 0.3) is 0 Å². The van der Waals surface area contributed by atoms with E-state index in [0.29, 0.717) is 25.9 Å². The summed E-state index contributed by atoms with van der Waals surface area (Å²) in [5, 5.41) is 0. The van der Waals surface area contributed by atoms with Gasteiger partial charge in [-0.3, -0.25) is 0 Å². The molecule has 0 bridgehead atoms. The van der Waals surface area contributed by atoms with E-state index >= 15 is 0 Å². The van der Waals surface area contributed by atoms with E-state index in [2.05, 4.69) is 0 Å². The standard InChI is InChI=1S/C9H17NO5S2/c1-16(12,13)6-7-17(14,15)10-4-2-9(8-11)3-5-10/h8-9H,2-7H2,1H3. The topological polar surface area (TPSA) is 88.6 Å². The number of aldehydes is 1. The van der Waals surface area contributed by atoms with Crippen molar-refractivity contribution in [2.45, 2.75) is 12.8 Å². The monoisotopic (exact) mass is 283 g/mol. The summed E-state index contributed by atoms with van der Waals surface area (Å²) in [7, 11) is -6.78. The normalized spacial score (nSPS) is 20.3. The van der Waals surface area contributed by atoms with Crippen LogP contribution in [0.3, 0.4) is 0 Å². The Morgan fingerprint density at radius 3 is 2.06 bits per heavy atom. The number of carbonyl (C=O) groups excluding carboxylic acids is 1. The highest BCUT2D eigenvalue weighted by Gasteiger charge is 2.28. The van der Waals surface area contributed by atoms with Gasteiger partial charge in [-0.05, 0) is 12.8 Å². The fourth-order valence-electron chi connectivity index (χ4n) is 1.68. The molecule has 6 nitrogen and oxygen atoms in total. The van der Waals surface area contributed by atoms with E-state index in [-0.39, 0.29) is 17.4 Å². The maximum absolute atomic E-state index is 11.8. The van der Waals surface area contributed by atoms with Crippen LogP contribution in [0.15, 0.2) is 0 Å². The zero-order valence-corrected chi connectivity index (χ0v) is 11.3. The Bertz CT molecular complexity index is 460. The van der Waals surface area contributed by atoms with Gasteiger partial charge in [0.05, 0.1) is 11.5 Å². The van der Waals surface area contributed by atoms with E-state index in [1.807, 2.05) is 0 Å².